The second-order valence-corrected chi connectivity index (χ2v) is 9.76. The maximum absolute atomic E-state index is 13.9. The zero-order valence-electron chi connectivity index (χ0n) is 17.3. The third kappa shape index (κ3) is 3.61. The average molecular weight is 434 g/mol. The van der Waals surface area contributed by atoms with Gasteiger partial charge in [0.05, 0.1) is 16.6 Å². The molecule has 158 valence electrons. The summed E-state index contributed by atoms with van der Waals surface area (Å²) in [7, 11) is 0. The van der Waals surface area contributed by atoms with Gasteiger partial charge in [0.1, 0.15) is 11.6 Å². The van der Waals surface area contributed by atoms with E-state index in [0.29, 0.717) is 17.8 Å². The highest BCUT2D eigenvalue weighted by atomic mass is 35.5. The molecule has 3 nitrogen and oxygen atoms in total. The molecule has 0 saturated heterocycles. The summed E-state index contributed by atoms with van der Waals surface area (Å²) in [4.78, 5) is 13.0. The number of hydrogen-bond donors (Lipinski definition) is 1. The van der Waals surface area contributed by atoms with Crippen LogP contribution in [-0.4, -0.2) is 15.0 Å². The van der Waals surface area contributed by atoms with Crippen LogP contribution in [0.1, 0.15) is 61.7 Å². The van der Waals surface area contributed by atoms with E-state index in [1.165, 1.54) is 37.3 Å². The molecule has 2 aliphatic rings. The van der Waals surface area contributed by atoms with E-state index in [0.717, 1.165) is 51.5 Å². The first-order valence-electron chi connectivity index (χ1n) is 11.3. The molecule has 2 aliphatic carbocycles. The highest BCUT2D eigenvalue weighted by molar-refractivity contribution is 6.31. The molecule has 2 aromatic carbocycles. The SMILES string of the molecule is Fc1ccc2nccc([C@H]3CC[C@@H](C(c4nc5cc(Cl)ccc5[nH]4)C4CC4)CC3)c2c1. The highest BCUT2D eigenvalue weighted by Gasteiger charge is 2.41. The van der Waals surface area contributed by atoms with Crippen LogP contribution in [0.25, 0.3) is 21.9 Å². The fourth-order valence-corrected chi connectivity index (χ4v) is 5.89. The Morgan fingerprint density at radius 3 is 2.45 bits per heavy atom. The fourth-order valence-electron chi connectivity index (χ4n) is 5.73. The molecule has 0 radical (unpaired) electrons. The van der Waals surface area contributed by atoms with Gasteiger partial charge >= 0.3 is 0 Å². The molecule has 0 spiro atoms. The standard InChI is InChI=1S/C26H25ClFN3/c27-18-7-9-23-24(13-18)31-26(30-23)25(17-5-6-17)16-3-1-15(2-4-16)20-11-12-29-22-10-8-19(28)14-21(20)22/h7-17,25H,1-6H2,(H,30,31)/t15-,16+,25?. The van der Waals surface area contributed by atoms with Crippen LogP contribution in [-0.2, 0) is 0 Å². The van der Waals surface area contributed by atoms with Crippen molar-refractivity contribution < 1.29 is 4.39 Å². The second-order valence-electron chi connectivity index (χ2n) is 9.32. The average Bonchev–Trinajstić information content (AvgIpc) is 3.52. The fraction of sp³-hybridized carbons (Fsp3) is 0.385. The molecule has 2 heterocycles. The number of nitrogens with zero attached hydrogens (tertiary/aromatic N) is 2. The van der Waals surface area contributed by atoms with E-state index in [1.54, 1.807) is 12.1 Å². The Balaban J connectivity index is 1.25. The Morgan fingerprint density at radius 1 is 0.903 bits per heavy atom. The molecule has 0 amide bonds. The summed E-state index contributed by atoms with van der Waals surface area (Å²) >= 11 is 6.17. The number of nitrogens with one attached hydrogen (secondary N) is 1. The summed E-state index contributed by atoms with van der Waals surface area (Å²) in [6, 6.07) is 12.9. The van der Waals surface area contributed by atoms with Crippen LogP contribution in [0, 0.1) is 17.7 Å². The molecule has 2 saturated carbocycles. The van der Waals surface area contributed by atoms with E-state index < -0.39 is 0 Å². The summed E-state index contributed by atoms with van der Waals surface area (Å²) in [5.41, 5.74) is 4.18. The summed E-state index contributed by atoms with van der Waals surface area (Å²) in [6.45, 7) is 0. The van der Waals surface area contributed by atoms with Crippen molar-refractivity contribution in [1.82, 2.24) is 15.0 Å². The van der Waals surface area contributed by atoms with Crippen LogP contribution >= 0.6 is 11.6 Å². The van der Waals surface area contributed by atoms with Crippen molar-refractivity contribution in [3.05, 3.63) is 70.9 Å². The number of imidazole rings is 1. The molecule has 1 unspecified atom stereocenters. The lowest BCUT2D eigenvalue weighted by Crippen LogP contribution is -2.22. The number of pyridine rings is 1. The van der Waals surface area contributed by atoms with E-state index in [-0.39, 0.29) is 5.82 Å². The summed E-state index contributed by atoms with van der Waals surface area (Å²) < 4.78 is 13.9. The van der Waals surface area contributed by atoms with Gasteiger partial charge in [-0.05, 0) is 104 Å². The molecule has 2 aromatic heterocycles. The van der Waals surface area contributed by atoms with Crippen molar-refractivity contribution in [2.75, 3.05) is 0 Å². The Morgan fingerprint density at radius 2 is 1.68 bits per heavy atom. The van der Waals surface area contributed by atoms with Gasteiger partial charge in [0.2, 0.25) is 0 Å². The number of aromatic nitrogens is 3. The van der Waals surface area contributed by atoms with Crippen molar-refractivity contribution >= 4 is 33.5 Å². The van der Waals surface area contributed by atoms with Crippen LogP contribution < -0.4 is 0 Å². The van der Waals surface area contributed by atoms with Gasteiger partial charge in [-0.25, -0.2) is 9.37 Å². The van der Waals surface area contributed by atoms with Crippen molar-refractivity contribution in [2.45, 2.75) is 50.4 Å². The topological polar surface area (TPSA) is 41.6 Å². The number of halogens is 2. The second kappa shape index (κ2) is 7.59. The van der Waals surface area contributed by atoms with Gasteiger partial charge < -0.3 is 4.98 Å². The first-order chi connectivity index (χ1) is 15.2. The van der Waals surface area contributed by atoms with Gasteiger partial charge in [0.15, 0.2) is 0 Å². The predicted octanol–water partition coefficient (Wildman–Crippen LogP) is 7.37. The summed E-state index contributed by atoms with van der Waals surface area (Å²) in [6.07, 6.45) is 9.11. The molecular weight excluding hydrogens is 409 g/mol. The smallest absolute Gasteiger partial charge is 0.123 e. The third-order valence-electron chi connectivity index (χ3n) is 7.37. The van der Waals surface area contributed by atoms with Crippen LogP contribution in [0.2, 0.25) is 5.02 Å². The minimum atomic E-state index is -0.186. The van der Waals surface area contributed by atoms with Gasteiger partial charge in [-0.3, -0.25) is 4.98 Å². The molecule has 1 N–H and O–H groups in total. The van der Waals surface area contributed by atoms with Crippen molar-refractivity contribution in [2.24, 2.45) is 11.8 Å². The van der Waals surface area contributed by atoms with Crippen molar-refractivity contribution in [3.8, 4) is 0 Å². The van der Waals surface area contributed by atoms with Crippen LogP contribution in [0.4, 0.5) is 4.39 Å². The van der Waals surface area contributed by atoms with Crippen molar-refractivity contribution in [3.63, 3.8) is 0 Å². The van der Waals surface area contributed by atoms with E-state index in [2.05, 4.69) is 16.0 Å². The summed E-state index contributed by atoms with van der Waals surface area (Å²) in [5, 5.41) is 1.70. The number of fused-ring (bicyclic) bond motifs is 2. The quantitative estimate of drug-likeness (QED) is 0.365. The van der Waals surface area contributed by atoms with Crippen molar-refractivity contribution in [1.29, 1.82) is 0 Å². The highest BCUT2D eigenvalue weighted by Crippen LogP contribution is 2.51. The molecule has 1 atom stereocenters. The number of hydrogen-bond acceptors (Lipinski definition) is 2. The van der Waals surface area contributed by atoms with E-state index in [1.807, 2.05) is 24.4 Å². The first-order valence-corrected chi connectivity index (χ1v) is 11.7. The minimum Gasteiger partial charge on any atom is -0.342 e. The molecule has 6 rings (SSSR count). The maximum Gasteiger partial charge on any atom is 0.123 e. The lowest BCUT2D eigenvalue weighted by atomic mass is 9.72. The van der Waals surface area contributed by atoms with Crippen LogP contribution in [0.5, 0.6) is 0 Å². The predicted molar refractivity (Wildman–Crippen MR) is 123 cm³/mol. The van der Waals surface area contributed by atoms with Gasteiger partial charge in [0.25, 0.3) is 0 Å². The third-order valence-corrected chi connectivity index (χ3v) is 7.60. The zero-order valence-corrected chi connectivity index (χ0v) is 18.1. The molecule has 0 aliphatic heterocycles. The number of benzene rings is 2. The molecular formula is C26H25ClFN3. The molecule has 31 heavy (non-hydrogen) atoms. The van der Waals surface area contributed by atoms with Gasteiger partial charge in [-0.15, -0.1) is 0 Å². The van der Waals surface area contributed by atoms with Gasteiger partial charge in [-0.2, -0.15) is 0 Å². The van der Waals surface area contributed by atoms with Crippen LogP contribution in [0.15, 0.2) is 48.7 Å². The lowest BCUT2D eigenvalue weighted by Gasteiger charge is -2.34. The summed E-state index contributed by atoms with van der Waals surface area (Å²) in [5.74, 6) is 3.31. The van der Waals surface area contributed by atoms with Gasteiger partial charge in [0, 0.05) is 22.5 Å². The first kappa shape index (κ1) is 19.2. The number of H-pyrrole nitrogens is 1. The molecule has 0 bridgehead atoms. The minimum absolute atomic E-state index is 0.186. The van der Waals surface area contributed by atoms with E-state index in [4.69, 9.17) is 16.6 Å². The van der Waals surface area contributed by atoms with E-state index in [9.17, 15) is 4.39 Å². The number of rotatable bonds is 4. The maximum atomic E-state index is 13.9. The Kier molecular flexibility index (Phi) is 4.71. The van der Waals surface area contributed by atoms with Gasteiger partial charge in [-0.1, -0.05) is 11.6 Å². The Hall–Kier alpha value is -2.46. The molecule has 2 fully saturated rings. The Bertz CT molecular complexity index is 1250. The van der Waals surface area contributed by atoms with E-state index >= 15 is 0 Å². The normalized spacial score (nSPS) is 22.8. The monoisotopic (exact) mass is 433 g/mol. The molecule has 4 aromatic rings. The Labute approximate surface area is 186 Å². The lowest BCUT2D eigenvalue weighted by molar-refractivity contribution is 0.259. The van der Waals surface area contributed by atoms with Crippen LogP contribution in [0.3, 0.4) is 0 Å². The number of aromatic amines is 1. The zero-order chi connectivity index (χ0) is 20.9. The molecule has 5 heteroatoms. The largest absolute Gasteiger partial charge is 0.342 e.